The minimum absolute atomic E-state index is 0.216. The fraction of sp³-hybridized carbons (Fsp3) is 0.941. The van der Waals surface area contributed by atoms with E-state index in [1.807, 2.05) is 20.8 Å². The minimum atomic E-state index is -0.425. The van der Waals surface area contributed by atoms with E-state index in [2.05, 4.69) is 6.92 Å². The van der Waals surface area contributed by atoms with E-state index in [0.717, 1.165) is 39.1 Å². The second-order valence-corrected chi connectivity index (χ2v) is 6.23. The van der Waals surface area contributed by atoms with Gasteiger partial charge in [0.05, 0.1) is 13.0 Å². The van der Waals surface area contributed by atoms with Crippen LogP contribution in [0.1, 0.15) is 59.8 Å². The second kappa shape index (κ2) is 14.0. The number of rotatable bonds is 14. The number of carbonyl (C=O) groups excluding carboxylic acids is 1. The highest BCUT2D eigenvalue weighted by Gasteiger charge is 2.15. The van der Waals surface area contributed by atoms with Gasteiger partial charge in [0.1, 0.15) is 5.60 Å². The van der Waals surface area contributed by atoms with Gasteiger partial charge in [-0.2, -0.15) is 0 Å². The Morgan fingerprint density at radius 2 is 1.23 bits per heavy atom. The first-order valence-electron chi connectivity index (χ1n) is 8.41. The summed E-state index contributed by atoms with van der Waals surface area (Å²) in [6.45, 7) is 11.8. The molecule has 0 bridgehead atoms. The van der Waals surface area contributed by atoms with Gasteiger partial charge < -0.3 is 18.9 Å². The van der Waals surface area contributed by atoms with Crippen LogP contribution in [0.4, 0.5) is 0 Å². The molecule has 0 radical (unpaired) electrons. The molecule has 0 aromatic rings. The Labute approximate surface area is 135 Å². The third-order valence-corrected chi connectivity index (χ3v) is 2.67. The van der Waals surface area contributed by atoms with Crippen molar-refractivity contribution in [3.05, 3.63) is 0 Å². The zero-order valence-electron chi connectivity index (χ0n) is 14.8. The molecule has 22 heavy (non-hydrogen) atoms. The summed E-state index contributed by atoms with van der Waals surface area (Å²) in [6, 6.07) is 0. The number of hydrogen-bond acceptors (Lipinski definition) is 5. The van der Waals surface area contributed by atoms with Crippen LogP contribution in [0.2, 0.25) is 0 Å². The van der Waals surface area contributed by atoms with Crippen molar-refractivity contribution >= 4 is 5.97 Å². The largest absolute Gasteiger partial charge is 0.460 e. The molecule has 0 rings (SSSR count). The van der Waals surface area contributed by atoms with Crippen LogP contribution in [0, 0.1) is 0 Å². The van der Waals surface area contributed by atoms with Crippen LogP contribution in [-0.4, -0.2) is 51.2 Å². The number of esters is 1. The molecule has 0 aromatic heterocycles. The summed E-state index contributed by atoms with van der Waals surface area (Å²) in [4.78, 5) is 11.4. The lowest BCUT2D eigenvalue weighted by atomic mass is 10.2. The zero-order valence-corrected chi connectivity index (χ0v) is 14.8. The van der Waals surface area contributed by atoms with Gasteiger partial charge in [-0.15, -0.1) is 0 Å². The van der Waals surface area contributed by atoms with Crippen molar-refractivity contribution in [2.45, 2.75) is 65.4 Å². The van der Waals surface area contributed by atoms with Crippen molar-refractivity contribution in [2.24, 2.45) is 0 Å². The van der Waals surface area contributed by atoms with Crippen LogP contribution >= 0.6 is 0 Å². The second-order valence-electron chi connectivity index (χ2n) is 6.23. The van der Waals surface area contributed by atoms with Crippen LogP contribution in [0.5, 0.6) is 0 Å². The van der Waals surface area contributed by atoms with Gasteiger partial charge in [0.15, 0.2) is 0 Å². The molecule has 0 aliphatic heterocycles. The number of ether oxygens (including phenoxy) is 4. The molecule has 0 atom stereocenters. The van der Waals surface area contributed by atoms with E-state index in [9.17, 15) is 4.79 Å². The zero-order chi connectivity index (χ0) is 16.7. The van der Waals surface area contributed by atoms with Crippen LogP contribution in [0.15, 0.2) is 0 Å². The van der Waals surface area contributed by atoms with E-state index < -0.39 is 5.60 Å². The molecule has 0 saturated heterocycles. The van der Waals surface area contributed by atoms with Gasteiger partial charge in [-0.1, -0.05) is 13.3 Å². The maximum Gasteiger partial charge on any atom is 0.308 e. The average Bonchev–Trinajstić information content (AvgIpc) is 2.42. The van der Waals surface area contributed by atoms with E-state index in [-0.39, 0.29) is 5.97 Å². The van der Waals surface area contributed by atoms with Gasteiger partial charge in [-0.25, -0.2) is 0 Å². The summed E-state index contributed by atoms with van der Waals surface area (Å²) in [5.74, 6) is -0.216. The standard InChI is InChI=1S/C17H34O5/c1-5-6-10-19-11-7-12-20-13-8-14-21-15-9-16(18)22-17(2,3)4/h5-15H2,1-4H3. The molecule has 132 valence electrons. The molecule has 0 aromatic carbocycles. The van der Waals surface area contributed by atoms with Gasteiger partial charge in [-0.05, 0) is 40.0 Å². The molecule has 0 fully saturated rings. The predicted octanol–water partition coefficient (Wildman–Crippen LogP) is 3.35. The van der Waals surface area contributed by atoms with E-state index in [0.29, 0.717) is 26.2 Å². The number of unbranched alkanes of at least 4 members (excludes halogenated alkanes) is 1. The molecule has 0 aliphatic rings. The van der Waals surface area contributed by atoms with Crippen LogP contribution in [-0.2, 0) is 23.7 Å². The molecule has 0 saturated carbocycles. The Morgan fingerprint density at radius 1 is 0.773 bits per heavy atom. The van der Waals surface area contributed by atoms with E-state index in [1.165, 1.54) is 6.42 Å². The van der Waals surface area contributed by atoms with E-state index >= 15 is 0 Å². The average molecular weight is 318 g/mol. The first-order valence-corrected chi connectivity index (χ1v) is 8.41. The Hall–Kier alpha value is -0.650. The van der Waals surface area contributed by atoms with E-state index in [4.69, 9.17) is 18.9 Å². The summed E-state index contributed by atoms with van der Waals surface area (Å²) in [6.07, 6.45) is 4.37. The SMILES string of the molecule is CCCCOCCCOCCCOCCC(=O)OC(C)(C)C. The van der Waals surface area contributed by atoms with E-state index in [1.54, 1.807) is 0 Å². The first kappa shape index (κ1) is 21.4. The predicted molar refractivity (Wildman–Crippen MR) is 87.1 cm³/mol. The smallest absolute Gasteiger partial charge is 0.308 e. The highest BCUT2D eigenvalue weighted by molar-refractivity contribution is 5.69. The first-order chi connectivity index (χ1) is 10.5. The lowest BCUT2D eigenvalue weighted by Gasteiger charge is -2.19. The molecular weight excluding hydrogens is 284 g/mol. The number of hydrogen-bond donors (Lipinski definition) is 0. The van der Waals surface area contributed by atoms with Crippen LogP contribution < -0.4 is 0 Å². The molecule has 0 aliphatic carbocycles. The Bertz CT molecular complexity index is 260. The molecule has 5 nitrogen and oxygen atoms in total. The van der Waals surface area contributed by atoms with Gasteiger partial charge in [0, 0.05) is 33.0 Å². The Balaban J connectivity index is 3.16. The van der Waals surface area contributed by atoms with Crippen LogP contribution in [0.25, 0.3) is 0 Å². The summed E-state index contributed by atoms with van der Waals surface area (Å²) in [5, 5.41) is 0. The molecule has 0 heterocycles. The van der Waals surface area contributed by atoms with Gasteiger partial charge >= 0.3 is 5.97 Å². The summed E-state index contributed by atoms with van der Waals surface area (Å²) in [5.41, 5.74) is -0.425. The van der Waals surface area contributed by atoms with Crippen molar-refractivity contribution in [3.63, 3.8) is 0 Å². The summed E-state index contributed by atoms with van der Waals surface area (Å²) >= 11 is 0. The Kier molecular flexibility index (Phi) is 13.6. The normalized spacial score (nSPS) is 11.6. The lowest BCUT2D eigenvalue weighted by molar-refractivity contribution is -0.156. The van der Waals surface area contributed by atoms with Gasteiger partial charge in [0.25, 0.3) is 0 Å². The molecule has 0 spiro atoms. The highest BCUT2D eigenvalue weighted by atomic mass is 16.6. The summed E-state index contributed by atoms with van der Waals surface area (Å²) < 4.78 is 21.5. The third kappa shape index (κ3) is 17.4. The van der Waals surface area contributed by atoms with Crippen molar-refractivity contribution in [1.82, 2.24) is 0 Å². The fourth-order valence-corrected chi connectivity index (χ4v) is 1.63. The maximum atomic E-state index is 11.4. The Morgan fingerprint density at radius 3 is 1.68 bits per heavy atom. The minimum Gasteiger partial charge on any atom is -0.460 e. The lowest BCUT2D eigenvalue weighted by Crippen LogP contribution is -2.24. The quantitative estimate of drug-likeness (QED) is 0.363. The van der Waals surface area contributed by atoms with Crippen molar-refractivity contribution in [3.8, 4) is 0 Å². The van der Waals surface area contributed by atoms with Crippen molar-refractivity contribution in [2.75, 3.05) is 39.6 Å². The van der Waals surface area contributed by atoms with Crippen LogP contribution in [0.3, 0.4) is 0 Å². The maximum absolute atomic E-state index is 11.4. The van der Waals surface area contributed by atoms with Gasteiger partial charge in [-0.3, -0.25) is 4.79 Å². The number of carbonyl (C=O) groups is 1. The van der Waals surface area contributed by atoms with Crippen molar-refractivity contribution in [1.29, 1.82) is 0 Å². The van der Waals surface area contributed by atoms with Crippen molar-refractivity contribution < 1.29 is 23.7 Å². The van der Waals surface area contributed by atoms with Gasteiger partial charge in [0.2, 0.25) is 0 Å². The molecule has 0 amide bonds. The third-order valence-electron chi connectivity index (χ3n) is 2.67. The topological polar surface area (TPSA) is 54.0 Å². The molecule has 0 unspecified atom stereocenters. The fourth-order valence-electron chi connectivity index (χ4n) is 1.63. The monoisotopic (exact) mass is 318 g/mol. The molecule has 5 heteroatoms. The summed E-state index contributed by atoms with van der Waals surface area (Å²) in [7, 11) is 0. The molecule has 0 N–H and O–H groups in total. The molecular formula is C17H34O5. The highest BCUT2D eigenvalue weighted by Crippen LogP contribution is 2.08.